The standard InChI is InChI=1S/C28H23F7N6O5/c1-36-20(42)12-37-19-9-8-16(28(33,34)35)24(38-19)41-26(44)22(39-25(43)13-4-6-14(7-5-13)46-27(31)32)23(40(41)2)21-17(29)10-15(45-3)11-18(21)30/h4-11,27H,12H2,1-3H3,(H,36,42)(H,37,38)(H,39,43). The van der Waals surface area contributed by atoms with Crippen LogP contribution in [0.25, 0.3) is 17.1 Å². The van der Waals surface area contributed by atoms with E-state index in [4.69, 9.17) is 4.74 Å². The molecule has 4 rings (SSSR count). The molecule has 2 amide bonds. The smallest absolute Gasteiger partial charge is 0.420 e. The molecule has 0 aliphatic heterocycles. The maximum absolute atomic E-state index is 15.4. The Labute approximate surface area is 254 Å². The van der Waals surface area contributed by atoms with Crippen molar-refractivity contribution in [2.75, 3.05) is 31.3 Å². The number of amides is 2. The molecular formula is C28H23F7N6O5. The molecule has 244 valence electrons. The van der Waals surface area contributed by atoms with E-state index in [0.717, 1.165) is 56.6 Å². The Hall–Kier alpha value is -5.55. The van der Waals surface area contributed by atoms with Gasteiger partial charge in [-0.25, -0.2) is 13.8 Å². The molecule has 0 aliphatic carbocycles. The number of hydrogen-bond donors (Lipinski definition) is 3. The van der Waals surface area contributed by atoms with Gasteiger partial charge in [-0.05, 0) is 36.4 Å². The van der Waals surface area contributed by atoms with Crippen molar-refractivity contribution in [2.45, 2.75) is 12.8 Å². The normalized spacial score (nSPS) is 11.4. The highest BCUT2D eigenvalue weighted by Crippen LogP contribution is 2.37. The number of nitrogens with one attached hydrogen (secondary N) is 3. The van der Waals surface area contributed by atoms with Gasteiger partial charge in [0.15, 0.2) is 5.82 Å². The third-order valence-corrected chi connectivity index (χ3v) is 6.43. The number of pyridine rings is 1. The molecule has 0 atom stereocenters. The number of anilines is 2. The van der Waals surface area contributed by atoms with Crippen LogP contribution in [0.2, 0.25) is 0 Å². The summed E-state index contributed by atoms with van der Waals surface area (Å²) in [7, 11) is 3.44. The first-order valence-electron chi connectivity index (χ1n) is 12.9. The topological polar surface area (TPSA) is 129 Å². The number of alkyl halides is 5. The van der Waals surface area contributed by atoms with Crippen LogP contribution < -0.4 is 31.0 Å². The van der Waals surface area contributed by atoms with Crippen LogP contribution in [0, 0.1) is 11.6 Å². The number of carbonyl (C=O) groups is 2. The molecule has 2 aromatic carbocycles. The van der Waals surface area contributed by atoms with Crippen LogP contribution >= 0.6 is 0 Å². The fourth-order valence-electron chi connectivity index (χ4n) is 4.30. The van der Waals surface area contributed by atoms with E-state index in [-0.39, 0.29) is 22.9 Å². The third-order valence-electron chi connectivity index (χ3n) is 6.43. The van der Waals surface area contributed by atoms with E-state index in [9.17, 15) is 36.3 Å². The first-order chi connectivity index (χ1) is 21.7. The highest BCUT2D eigenvalue weighted by molar-refractivity contribution is 6.06. The van der Waals surface area contributed by atoms with Gasteiger partial charge < -0.3 is 25.4 Å². The fraction of sp³-hybridized carbons (Fsp3) is 0.214. The number of nitrogens with zero attached hydrogens (tertiary/aromatic N) is 3. The van der Waals surface area contributed by atoms with Gasteiger partial charge in [0.2, 0.25) is 5.91 Å². The minimum Gasteiger partial charge on any atom is -0.497 e. The Kier molecular flexibility index (Phi) is 9.57. The molecule has 2 heterocycles. The Morgan fingerprint density at radius 2 is 1.63 bits per heavy atom. The molecule has 18 heteroatoms. The summed E-state index contributed by atoms with van der Waals surface area (Å²) < 4.78 is 108. The maximum atomic E-state index is 15.4. The second kappa shape index (κ2) is 13.2. The molecule has 0 fully saturated rings. The van der Waals surface area contributed by atoms with Crippen LogP contribution in [0.1, 0.15) is 15.9 Å². The molecule has 4 aromatic rings. The van der Waals surface area contributed by atoms with Crippen molar-refractivity contribution in [1.29, 1.82) is 0 Å². The molecule has 0 aliphatic rings. The highest BCUT2D eigenvalue weighted by atomic mass is 19.4. The van der Waals surface area contributed by atoms with Crippen molar-refractivity contribution >= 4 is 23.3 Å². The molecular weight excluding hydrogens is 633 g/mol. The third kappa shape index (κ3) is 6.89. The zero-order valence-electron chi connectivity index (χ0n) is 23.9. The van der Waals surface area contributed by atoms with Gasteiger partial charge in [0, 0.05) is 31.8 Å². The van der Waals surface area contributed by atoms with Crippen molar-refractivity contribution in [1.82, 2.24) is 19.7 Å². The number of methoxy groups -OCH3 is 1. The van der Waals surface area contributed by atoms with Gasteiger partial charge in [-0.15, -0.1) is 0 Å². The van der Waals surface area contributed by atoms with Crippen molar-refractivity contribution in [3.05, 3.63) is 81.6 Å². The molecule has 0 saturated heterocycles. The molecule has 11 nitrogen and oxygen atoms in total. The van der Waals surface area contributed by atoms with Gasteiger partial charge in [-0.3, -0.25) is 19.1 Å². The van der Waals surface area contributed by atoms with Crippen LogP contribution in [0.15, 0.2) is 53.3 Å². The highest BCUT2D eigenvalue weighted by Gasteiger charge is 2.37. The van der Waals surface area contributed by atoms with E-state index < -0.39 is 76.7 Å². The Bertz CT molecular complexity index is 1820. The average Bonchev–Trinajstić information content (AvgIpc) is 3.22. The fourth-order valence-corrected chi connectivity index (χ4v) is 4.30. The second-order valence-electron chi connectivity index (χ2n) is 9.28. The van der Waals surface area contributed by atoms with Crippen LogP contribution in [-0.4, -0.2) is 53.5 Å². The number of halogens is 7. The number of benzene rings is 2. The largest absolute Gasteiger partial charge is 0.497 e. The zero-order chi connectivity index (χ0) is 33.9. The summed E-state index contributed by atoms with van der Waals surface area (Å²) in [6, 6.07) is 7.05. The van der Waals surface area contributed by atoms with E-state index in [2.05, 4.69) is 25.7 Å². The molecule has 0 saturated carbocycles. The van der Waals surface area contributed by atoms with Gasteiger partial charge >= 0.3 is 12.8 Å². The molecule has 0 unspecified atom stereocenters. The lowest BCUT2D eigenvalue weighted by molar-refractivity contribution is -0.137. The predicted molar refractivity (Wildman–Crippen MR) is 149 cm³/mol. The number of carbonyl (C=O) groups excluding carboxylic acids is 2. The van der Waals surface area contributed by atoms with Crippen LogP contribution in [0.5, 0.6) is 11.5 Å². The van der Waals surface area contributed by atoms with Crippen molar-refractivity contribution in [3.63, 3.8) is 0 Å². The molecule has 2 aromatic heterocycles. The molecule has 3 N–H and O–H groups in total. The van der Waals surface area contributed by atoms with Gasteiger partial charge in [0.1, 0.15) is 45.9 Å². The van der Waals surface area contributed by atoms with Gasteiger partial charge in [0.25, 0.3) is 11.5 Å². The van der Waals surface area contributed by atoms with E-state index in [1.165, 1.54) is 7.05 Å². The first-order valence-corrected chi connectivity index (χ1v) is 12.9. The number of hydrogen-bond acceptors (Lipinski definition) is 7. The summed E-state index contributed by atoms with van der Waals surface area (Å²) in [5.41, 5.74) is -5.56. The number of likely N-dealkylation sites (N-methyl/N-ethyl adjacent to an activating group) is 1. The summed E-state index contributed by atoms with van der Waals surface area (Å²) in [5.74, 6) is -6.18. The average molecular weight is 657 g/mol. The quantitative estimate of drug-likeness (QED) is 0.214. The van der Waals surface area contributed by atoms with Gasteiger partial charge in [0.05, 0.1) is 19.2 Å². The van der Waals surface area contributed by atoms with Crippen LogP contribution in [-0.2, 0) is 18.0 Å². The number of ether oxygens (including phenoxy) is 2. The second-order valence-corrected chi connectivity index (χ2v) is 9.28. The van der Waals surface area contributed by atoms with Crippen molar-refractivity contribution < 1.29 is 49.8 Å². The summed E-state index contributed by atoms with van der Waals surface area (Å²) in [4.78, 5) is 42.5. The van der Waals surface area contributed by atoms with Gasteiger partial charge in [-0.2, -0.15) is 26.6 Å². The van der Waals surface area contributed by atoms with Crippen LogP contribution in [0.4, 0.5) is 42.2 Å². The molecule has 46 heavy (non-hydrogen) atoms. The first kappa shape index (κ1) is 33.3. The predicted octanol–water partition coefficient (Wildman–Crippen LogP) is 4.56. The summed E-state index contributed by atoms with van der Waals surface area (Å²) in [5, 5.41) is 6.96. The van der Waals surface area contributed by atoms with Crippen LogP contribution in [0.3, 0.4) is 0 Å². The van der Waals surface area contributed by atoms with E-state index >= 15 is 8.78 Å². The summed E-state index contributed by atoms with van der Waals surface area (Å²) in [6.07, 6.45) is -5.10. The lowest BCUT2D eigenvalue weighted by Gasteiger charge is -2.17. The molecule has 0 bridgehead atoms. The van der Waals surface area contributed by atoms with Gasteiger partial charge in [-0.1, -0.05) is 0 Å². The lowest BCUT2D eigenvalue weighted by atomic mass is 10.1. The minimum absolute atomic E-state index is 0.243. The molecule has 0 spiro atoms. The summed E-state index contributed by atoms with van der Waals surface area (Å²) in [6.45, 7) is -3.57. The maximum Gasteiger partial charge on any atom is 0.420 e. The molecule has 0 radical (unpaired) electrons. The Morgan fingerprint density at radius 1 is 1.00 bits per heavy atom. The minimum atomic E-state index is -5.10. The van der Waals surface area contributed by atoms with Crippen molar-refractivity contribution in [2.24, 2.45) is 7.05 Å². The van der Waals surface area contributed by atoms with E-state index in [1.807, 2.05) is 0 Å². The summed E-state index contributed by atoms with van der Waals surface area (Å²) >= 11 is 0. The SMILES string of the molecule is CNC(=O)CNc1ccc(C(F)(F)F)c(-n2c(=O)c(NC(=O)c3ccc(OC(F)F)cc3)c(-c3c(F)cc(OC)cc3F)n2C)n1. The number of aromatic nitrogens is 3. The zero-order valence-corrected chi connectivity index (χ0v) is 23.9. The van der Waals surface area contributed by atoms with E-state index in [1.54, 1.807) is 0 Å². The lowest BCUT2D eigenvalue weighted by Crippen LogP contribution is -2.28. The number of rotatable bonds is 10. The van der Waals surface area contributed by atoms with E-state index in [0.29, 0.717) is 15.4 Å². The Balaban J connectivity index is 1.95. The van der Waals surface area contributed by atoms with Crippen molar-refractivity contribution in [3.8, 4) is 28.6 Å². The Morgan fingerprint density at radius 3 is 2.17 bits per heavy atom. The monoisotopic (exact) mass is 656 g/mol.